The van der Waals surface area contributed by atoms with Gasteiger partial charge in [0, 0.05) is 26.1 Å². The van der Waals surface area contributed by atoms with E-state index in [1.807, 2.05) is 0 Å². The normalized spacial score (nSPS) is 20.1. The zero-order chi connectivity index (χ0) is 13.9. The minimum absolute atomic E-state index is 0.00272. The predicted molar refractivity (Wildman–Crippen MR) is 74.8 cm³/mol. The molecule has 0 aliphatic carbocycles. The van der Waals surface area contributed by atoms with Crippen molar-refractivity contribution >= 4 is 21.6 Å². The van der Waals surface area contributed by atoms with Crippen LogP contribution in [-0.4, -0.2) is 39.0 Å². The summed E-state index contributed by atoms with van der Waals surface area (Å²) >= 11 is 5.81. The lowest BCUT2D eigenvalue weighted by molar-refractivity contribution is 0.0979. The topological polar surface area (TPSA) is 46.6 Å². The van der Waals surface area contributed by atoms with Gasteiger partial charge in [0.2, 0.25) is 10.0 Å². The lowest BCUT2D eigenvalue weighted by Crippen LogP contribution is -2.34. The third-order valence-corrected chi connectivity index (χ3v) is 5.50. The van der Waals surface area contributed by atoms with Crippen LogP contribution in [0.25, 0.3) is 0 Å². The number of hydrogen-bond acceptors (Lipinski definition) is 3. The van der Waals surface area contributed by atoms with Crippen molar-refractivity contribution < 1.29 is 13.2 Å². The highest BCUT2D eigenvalue weighted by atomic mass is 35.5. The molecule has 1 aliphatic heterocycles. The number of ether oxygens (including phenoxy) is 1. The second kappa shape index (κ2) is 6.22. The summed E-state index contributed by atoms with van der Waals surface area (Å²) in [6, 6.07) is 6.83. The van der Waals surface area contributed by atoms with E-state index in [-0.39, 0.29) is 16.9 Å². The summed E-state index contributed by atoms with van der Waals surface area (Å²) in [6.45, 7) is 1.11. The fourth-order valence-electron chi connectivity index (χ4n) is 2.21. The van der Waals surface area contributed by atoms with Crippen LogP contribution < -0.4 is 0 Å². The van der Waals surface area contributed by atoms with Gasteiger partial charge >= 0.3 is 0 Å². The molecular formula is C13H18ClNO3S. The summed E-state index contributed by atoms with van der Waals surface area (Å²) < 4.78 is 31.9. The first-order chi connectivity index (χ1) is 9.05. The Morgan fingerprint density at radius 1 is 1.42 bits per heavy atom. The molecule has 0 spiro atoms. The molecule has 1 saturated heterocycles. The molecule has 1 aromatic rings. The molecule has 0 amide bonds. The number of hydrogen-bond donors (Lipinski definition) is 0. The third-order valence-electron chi connectivity index (χ3n) is 3.29. The third kappa shape index (κ3) is 3.28. The van der Waals surface area contributed by atoms with Crippen LogP contribution in [0.2, 0.25) is 0 Å². The first kappa shape index (κ1) is 14.8. The lowest BCUT2D eigenvalue weighted by Gasteiger charge is -2.21. The molecule has 1 aliphatic rings. The summed E-state index contributed by atoms with van der Waals surface area (Å²) in [5, 5.41) is 0. The van der Waals surface area contributed by atoms with Crippen LogP contribution in [-0.2, 0) is 20.6 Å². The zero-order valence-electron chi connectivity index (χ0n) is 10.9. The second-order valence-corrected chi connectivity index (χ2v) is 6.94. The molecule has 1 atom stereocenters. The fraction of sp³-hybridized carbons (Fsp3) is 0.538. The van der Waals surface area contributed by atoms with E-state index >= 15 is 0 Å². The molecule has 1 heterocycles. The van der Waals surface area contributed by atoms with Gasteiger partial charge in [-0.2, -0.15) is 4.31 Å². The zero-order valence-corrected chi connectivity index (χ0v) is 12.5. The van der Waals surface area contributed by atoms with Gasteiger partial charge in [-0.3, -0.25) is 0 Å². The number of sulfonamides is 1. The van der Waals surface area contributed by atoms with E-state index < -0.39 is 10.0 Å². The van der Waals surface area contributed by atoms with Gasteiger partial charge in [0.05, 0.1) is 11.0 Å². The highest BCUT2D eigenvalue weighted by Crippen LogP contribution is 2.22. The Balaban J connectivity index is 2.20. The van der Waals surface area contributed by atoms with Gasteiger partial charge in [-0.25, -0.2) is 8.42 Å². The first-order valence-electron chi connectivity index (χ1n) is 6.27. The van der Waals surface area contributed by atoms with E-state index in [1.165, 1.54) is 4.31 Å². The Morgan fingerprint density at radius 3 is 2.79 bits per heavy atom. The van der Waals surface area contributed by atoms with Gasteiger partial charge in [0.25, 0.3) is 0 Å². The summed E-state index contributed by atoms with van der Waals surface area (Å²) in [5.41, 5.74) is 0.628. The van der Waals surface area contributed by atoms with Crippen LogP contribution in [0, 0.1) is 0 Å². The van der Waals surface area contributed by atoms with E-state index in [0.29, 0.717) is 12.1 Å². The van der Waals surface area contributed by atoms with Gasteiger partial charge in [0.1, 0.15) is 0 Å². The molecule has 106 valence electrons. The summed E-state index contributed by atoms with van der Waals surface area (Å²) in [6.07, 6.45) is 1.91. The van der Waals surface area contributed by atoms with Gasteiger partial charge in [-0.1, -0.05) is 18.2 Å². The highest BCUT2D eigenvalue weighted by molar-refractivity contribution is 7.89. The molecule has 1 aromatic carbocycles. The largest absolute Gasteiger partial charge is 0.377 e. The van der Waals surface area contributed by atoms with Gasteiger partial charge in [-0.15, -0.1) is 11.6 Å². The van der Waals surface area contributed by atoms with Crippen LogP contribution in [0.15, 0.2) is 29.2 Å². The van der Waals surface area contributed by atoms with Crippen molar-refractivity contribution in [2.24, 2.45) is 0 Å². The minimum atomic E-state index is -3.50. The fourth-order valence-corrected chi connectivity index (χ4v) is 3.94. The number of benzene rings is 1. The first-order valence-corrected chi connectivity index (χ1v) is 8.25. The Labute approximate surface area is 119 Å². The van der Waals surface area contributed by atoms with E-state index in [2.05, 4.69) is 0 Å². The monoisotopic (exact) mass is 303 g/mol. The van der Waals surface area contributed by atoms with Gasteiger partial charge in [-0.05, 0) is 24.5 Å². The van der Waals surface area contributed by atoms with Gasteiger partial charge in [0.15, 0.2) is 0 Å². The number of alkyl halides is 1. The molecule has 0 N–H and O–H groups in total. The van der Waals surface area contributed by atoms with Crippen molar-refractivity contribution in [2.75, 3.05) is 20.2 Å². The number of likely N-dealkylation sites (N-methyl/N-ethyl adjacent to an activating group) is 1. The maximum atomic E-state index is 12.5. The molecule has 1 fully saturated rings. The average molecular weight is 304 g/mol. The van der Waals surface area contributed by atoms with Crippen molar-refractivity contribution in [3.8, 4) is 0 Å². The van der Waals surface area contributed by atoms with Crippen LogP contribution >= 0.6 is 11.6 Å². The summed E-state index contributed by atoms with van der Waals surface area (Å²) in [4.78, 5) is 0.283. The molecule has 0 radical (unpaired) electrons. The standard InChI is InChI=1S/C13H18ClNO3S/c1-15(10-12-6-4-8-18-12)19(16,17)13-7-3-2-5-11(13)9-14/h2-3,5,7,12H,4,6,8-10H2,1H3. The van der Waals surface area contributed by atoms with E-state index in [1.54, 1.807) is 31.3 Å². The predicted octanol–water partition coefficient (Wildman–Crippen LogP) is 2.22. The maximum Gasteiger partial charge on any atom is 0.243 e. The van der Waals surface area contributed by atoms with Gasteiger partial charge < -0.3 is 4.74 Å². The van der Waals surface area contributed by atoms with Crippen molar-refractivity contribution in [2.45, 2.75) is 29.7 Å². The Bertz CT molecular complexity index is 526. The quantitative estimate of drug-likeness (QED) is 0.784. The highest BCUT2D eigenvalue weighted by Gasteiger charge is 2.27. The van der Waals surface area contributed by atoms with Crippen LogP contribution in [0.3, 0.4) is 0 Å². The smallest absolute Gasteiger partial charge is 0.243 e. The molecular weight excluding hydrogens is 286 g/mol. The van der Waals surface area contributed by atoms with Crippen molar-refractivity contribution in [3.05, 3.63) is 29.8 Å². The van der Waals surface area contributed by atoms with E-state index in [9.17, 15) is 8.42 Å². The van der Waals surface area contributed by atoms with Crippen LogP contribution in [0.1, 0.15) is 18.4 Å². The molecule has 0 aromatic heterocycles. The minimum Gasteiger partial charge on any atom is -0.377 e. The van der Waals surface area contributed by atoms with Crippen molar-refractivity contribution in [1.82, 2.24) is 4.31 Å². The lowest BCUT2D eigenvalue weighted by atomic mass is 10.2. The Kier molecular flexibility index (Phi) is 4.84. The second-order valence-electron chi connectivity index (χ2n) is 4.66. The molecule has 6 heteroatoms. The Morgan fingerprint density at radius 2 is 2.16 bits per heavy atom. The summed E-state index contributed by atoms with van der Waals surface area (Å²) in [5.74, 6) is 0.184. The molecule has 4 nitrogen and oxygen atoms in total. The van der Waals surface area contributed by atoms with Crippen LogP contribution in [0.5, 0.6) is 0 Å². The number of rotatable bonds is 5. The number of halogens is 1. The SMILES string of the molecule is CN(CC1CCCO1)S(=O)(=O)c1ccccc1CCl. The van der Waals surface area contributed by atoms with Crippen molar-refractivity contribution in [1.29, 1.82) is 0 Å². The molecule has 0 bridgehead atoms. The molecule has 19 heavy (non-hydrogen) atoms. The molecule has 1 unspecified atom stereocenters. The van der Waals surface area contributed by atoms with E-state index in [4.69, 9.17) is 16.3 Å². The number of nitrogens with zero attached hydrogens (tertiary/aromatic N) is 1. The maximum absolute atomic E-state index is 12.5. The molecule has 0 saturated carbocycles. The Hall–Kier alpha value is -0.620. The molecule has 2 rings (SSSR count). The van der Waals surface area contributed by atoms with E-state index in [0.717, 1.165) is 19.4 Å². The average Bonchev–Trinajstić information content (AvgIpc) is 2.91. The van der Waals surface area contributed by atoms with Crippen molar-refractivity contribution in [3.63, 3.8) is 0 Å². The van der Waals surface area contributed by atoms with Crippen LogP contribution in [0.4, 0.5) is 0 Å². The summed E-state index contributed by atoms with van der Waals surface area (Å²) in [7, 11) is -1.91.